The lowest BCUT2D eigenvalue weighted by atomic mass is 10.00. The first-order valence-corrected chi connectivity index (χ1v) is 7.44. The van der Waals surface area contributed by atoms with E-state index in [1.165, 1.54) is 6.42 Å². The first kappa shape index (κ1) is 19.6. The molecule has 2 unspecified atom stereocenters. The Bertz CT molecular complexity index is 428. The molecule has 0 aromatic carbocycles. The Morgan fingerprint density at radius 2 is 2.25 bits per heavy atom. The van der Waals surface area contributed by atoms with Crippen LogP contribution < -0.4 is 5.73 Å². The zero-order chi connectivity index (χ0) is 13.1. The molecular formula is C13H23Cl2N3OS. The minimum atomic E-state index is -0.0911. The zero-order valence-corrected chi connectivity index (χ0v) is 14.3. The lowest BCUT2D eigenvalue weighted by Crippen LogP contribution is -2.43. The van der Waals surface area contributed by atoms with Crippen LogP contribution in [0.5, 0.6) is 0 Å². The number of hydrogen-bond donors (Lipinski definition) is 1. The molecule has 0 radical (unpaired) electrons. The number of thiazole rings is 1. The van der Waals surface area contributed by atoms with Crippen LogP contribution in [0.1, 0.15) is 42.9 Å². The molecule has 0 spiro atoms. The molecule has 1 saturated heterocycles. The molecule has 1 fully saturated rings. The van der Waals surface area contributed by atoms with Gasteiger partial charge in [-0.25, -0.2) is 4.98 Å². The van der Waals surface area contributed by atoms with Crippen molar-refractivity contribution < 1.29 is 4.79 Å². The molecule has 1 aliphatic heterocycles. The molecule has 7 heteroatoms. The van der Waals surface area contributed by atoms with E-state index < -0.39 is 0 Å². The number of rotatable bonds is 3. The second-order valence-electron chi connectivity index (χ2n) is 5.01. The van der Waals surface area contributed by atoms with E-state index >= 15 is 0 Å². The van der Waals surface area contributed by atoms with E-state index in [0.29, 0.717) is 6.54 Å². The quantitative estimate of drug-likeness (QED) is 0.920. The van der Waals surface area contributed by atoms with Gasteiger partial charge in [-0.2, -0.15) is 0 Å². The normalized spacial score (nSPS) is 19.8. The third kappa shape index (κ3) is 4.32. The first-order valence-electron chi connectivity index (χ1n) is 6.56. The molecule has 2 N–H and O–H groups in total. The van der Waals surface area contributed by atoms with Gasteiger partial charge in [0, 0.05) is 30.1 Å². The van der Waals surface area contributed by atoms with Gasteiger partial charge in [-0.05, 0) is 26.2 Å². The van der Waals surface area contributed by atoms with Crippen LogP contribution in [0, 0.1) is 12.8 Å². The third-order valence-corrected chi connectivity index (χ3v) is 4.55. The molecule has 2 rings (SSSR count). The maximum atomic E-state index is 12.3. The van der Waals surface area contributed by atoms with E-state index in [0.717, 1.165) is 30.1 Å². The molecule has 0 bridgehead atoms. The Labute approximate surface area is 137 Å². The van der Waals surface area contributed by atoms with Crippen LogP contribution in [0.3, 0.4) is 0 Å². The lowest BCUT2D eigenvalue weighted by Gasteiger charge is -2.36. The molecule has 1 aliphatic rings. The summed E-state index contributed by atoms with van der Waals surface area (Å²) >= 11 is 1.66. The summed E-state index contributed by atoms with van der Waals surface area (Å²) in [5, 5.41) is 3.13. The third-order valence-electron chi connectivity index (χ3n) is 3.48. The molecular weight excluding hydrogens is 317 g/mol. The van der Waals surface area contributed by atoms with Crippen molar-refractivity contribution in [3.63, 3.8) is 0 Å². The fourth-order valence-electron chi connectivity index (χ4n) is 2.36. The molecule has 116 valence electrons. The van der Waals surface area contributed by atoms with Gasteiger partial charge in [-0.3, -0.25) is 4.79 Å². The monoisotopic (exact) mass is 339 g/mol. The molecule has 20 heavy (non-hydrogen) atoms. The smallest absolute Gasteiger partial charge is 0.227 e. The Hall–Kier alpha value is -0.360. The summed E-state index contributed by atoms with van der Waals surface area (Å²) in [4.78, 5) is 18.9. The van der Waals surface area contributed by atoms with Crippen LogP contribution in [0.25, 0.3) is 0 Å². The molecule has 1 amide bonds. The van der Waals surface area contributed by atoms with E-state index in [4.69, 9.17) is 5.73 Å². The summed E-state index contributed by atoms with van der Waals surface area (Å²) in [6.45, 7) is 5.16. The van der Waals surface area contributed by atoms with Crippen molar-refractivity contribution in [2.75, 3.05) is 13.1 Å². The van der Waals surface area contributed by atoms with Gasteiger partial charge in [0.25, 0.3) is 0 Å². The van der Waals surface area contributed by atoms with Crippen LogP contribution >= 0.6 is 36.2 Å². The number of amides is 1. The Balaban J connectivity index is 0.00000180. The van der Waals surface area contributed by atoms with Gasteiger partial charge in [0.15, 0.2) is 0 Å². The van der Waals surface area contributed by atoms with Crippen molar-refractivity contribution in [2.24, 2.45) is 11.7 Å². The predicted octanol–water partition coefficient (Wildman–Crippen LogP) is 2.94. The molecule has 2 heterocycles. The van der Waals surface area contributed by atoms with Gasteiger partial charge in [-0.15, -0.1) is 36.2 Å². The minimum absolute atomic E-state index is 0. The summed E-state index contributed by atoms with van der Waals surface area (Å²) in [5.74, 6) is 0.0849. The van der Waals surface area contributed by atoms with Crippen LogP contribution in [0.15, 0.2) is 5.38 Å². The van der Waals surface area contributed by atoms with E-state index in [9.17, 15) is 4.79 Å². The summed E-state index contributed by atoms with van der Waals surface area (Å²) in [7, 11) is 0. The number of aromatic nitrogens is 1. The Kier molecular flexibility index (Phi) is 8.66. The lowest BCUT2D eigenvalue weighted by molar-refractivity contribution is -0.138. The highest BCUT2D eigenvalue weighted by Crippen LogP contribution is 2.33. The molecule has 0 saturated carbocycles. The van der Waals surface area contributed by atoms with E-state index in [1.54, 1.807) is 11.3 Å². The predicted molar refractivity (Wildman–Crippen MR) is 87.9 cm³/mol. The Morgan fingerprint density at radius 3 is 2.80 bits per heavy atom. The average Bonchev–Trinajstić information content (AvgIpc) is 2.83. The van der Waals surface area contributed by atoms with Crippen molar-refractivity contribution in [1.29, 1.82) is 0 Å². The molecule has 4 nitrogen and oxygen atoms in total. The van der Waals surface area contributed by atoms with Crippen LogP contribution in [0.4, 0.5) is 0 Å². The van der Waals surface area contributed by atoms with Crippen molar-refractivity contribution in [2.45, 2.75) is 39.2 Å². The number of halogens is 2. The van der Waals surface area contributed by atoms with Crippen LogP contribution in [-0.2, 0) is 4.79 Å². The summed E-state index contributed by atoms with van der Waals surface area (Å²) in [6, 6.07) is 0.166. The highest BCUT2D eigenvalue weighted by atomic mass is 35.5. The van der Waals surface area contributed by atoms with Crippen molar-refractivity contribution in [3.8, 4) is 0 Å². The standard InChI is InChI=1S/C13H21N3OS.2ClH/c1-9(7-14)13(17)16-6-4-3-5-11(16)12-15-10(2)8-18-12;;/h8-9,11H,3-7,14H2,1-2H3;2*1H. The van der Waals surface area contributed by atoms with Gasteiger partial charge < -0.3 is 10.6 Å². The first-order chi connectivity index (χ1) is 8.63. The van der Waals surface area contributed by atoms with Crippen molar-refractivity contribution in [3.05, 3.63) is 16.1 Å². The molecule has 2 atom stereocenters. The highest BCUT2D eigenvalue weighted by Gasteiger charge is 2.31. The number of aryl methyl sites for hydroxylation is 1. The van der Waals surface area contributed by atoms with E-state index in [2.05, 4.69) is 10.4 Å². The number of carbonyl (C=O) groups excluding carboxylic acids is 1. The van der Waals surface area contributed by atoms with Gasteiger partial charge in [0.2, 0.25) is 5.91 Å². The zero-order valence-electron chi connectivity index (χ0n) is 11.9. The van der Waals surface area contributed by atoms with Crippen molar-refractivity contribution in [1.82, 2.24) is 9.88 Å². The fourth-order valence-corrected chi connectivity index (χ4v) is 3.30. The Morgan fingerprint density at radius 1 is 1.55 bits per heavy atom. The van der Waals surface area contributed by atoms with Crippen LogP contribution in [-0.4, -0.2) is 28.9 Å². The van der Waals surface area contributed by atoms with E-state index in [1.807, 2.05) is 18.7 Å². The SMILES string of the molecule is Cc1csc(C2CCCCN2C(=O)C(C)CN)n1.Cl.Cl. The van der Waals surface area contributed by atoms with Gasteiger partial charge >= 0.3 is 0 Å². The van der Waals surface area contributed by atoms with E-state index in [-0.39, 0.29) is 42.7 Å². The number of nitrogens with zero attached hydrogens (tertiary/aromatic N) is 2. The molecule has 1 aromatic rings. The number of hydrogen-bond acceptors (Lipinski definition) is 4. The molecule has 0 aliphatic carbocycles. The number of piperidine rings is 1. The molecule has 1 aromatic heterocycles. The highest BCUT2D eigenvalue weighted by molar-refractivity contribution is 7.09. The topological polar surface area (TPSA) is 59.2 Å². The largest absolute Gasteiger partial charge is 0.333 e. The minimum Gasteiger partial charge on any atom is -0.333 e. The summed E-state index contributed by atoms with van der Waals surface area (Å²) in [5.41, 5.74) is 6.65. The second kappa shape index (κ2) is 8.82. The number of carbonyl (C=O) groups is 1. The van der Waals surface area contributed by atoms with Crippen LogP contribution in [0.2, 0.25) is 0 Å². The van der Waals surface area contributed by atoms with Gasteiger partial charge in [0.05, 0.1) is 6.04 Å². The average molecular weight is 340 g/mol. The summed E-state index contributed by atoms with van der Waals surface area (Å²) < 4.78 is 0. The second-order valence-corrected chi connectivity index (χ2v) is 5.90. The number of nitrogens with two attached hydrogens (primary N) is 1. The maximum Gasteiger partial charge on any atom is 0.227 e. The van der Waals surface area contributed by atoms with Gasteiger partial charge in [0.1, 0.15) is 5.01 Å². The number of likely N-dealkylation sites (tertiary alicyclic amines) is 1. The fraction of sp³-hybridized carbons (Fsp3) is 0.692. The summed E-state index contributed by atoms with van der Waals surface area (Å²) in [6.07, 6.45) is 3.28. The van der Waals surface area contributed by atoms with Gasteiger partial charge in [-0.1, -0.05) is 6.92 Å². The maximum absolute atomic E-state index is 12.3. The van der Waals surface area contributed by atoms with Crippen molar-refractivity contribution >= 4 is 42.1 Å².